The highest BCUT2D eigenvalue weighted by Crippen LogP contribution is 2.34. The molecule has 0 spiro atoms. The average Bonchev–Trinajstić information content (AvgIpc) is 2.88. The van der Waals surface area contributed by atoms with Crippen LogP contribution >= 0.6 is 0 Å². The predicted octanol–water partition coefficient (Wildman–Crippen LogP) is 3.94. The molecule has 0 aromatic carbocycles. The van der Waals surface area contributed by atoms with Gasteiger partial charge in [-0.3, -0.25) is 14.8 Å². The second-order valence-corrected chi connectivity index (χ2v) is 8.88. The lowest BCUT2D eigenvalue weighted by atomic mass is 9.98. The van der Waals surface area contributed by atoms with Crippen LogP contribution in [0.2, 0.25) is 0 Å². The number of hydrogen-bond acceptors (Lipinski definition) is 6. The summed E-state index contributed by atoms with van der Waals surface area (Å²) in [6.07, 6.45) is 11.1. The van der Waals surface area contributed by atoms with Crippen molar-refractivity contribution in [2.24, 2.45) is 0 Å². The van der Waals surface area contributed by atoms with Crippen LogP contribution in [0.4, 0.5) is 5.82 Å². The van der Waals surface area contributed by atoms with E-state index in [4.69, 9.17) is 9.97 Å². The fraction of sp³-hybridized carbons (Fsp3) is 0.423. The fourth-order valence-corrected chi connectivity index (χ4v) is 4.97. The third kappa shape index (κ3) is 4.58. The highest BCUT2D eigenvalue weighted by molar-refractivity contribution is 5.94. The van der Waals surface area contributed by atoms with E-state index in [2.05, 4.69) is 27.9 Å². The summed E-state index contributed by atoms with van der Waals surface area (Å²) in [6.45, 7) is 4.67. The average molecular weight is 443 g/mol. The Kier molecular flexibility index (Phi) is 6.28. The van der Waals surface area contributed by atoms with Gasteiger partial charge in [-0.2, -0.15) is 0 Å². The first kappa shape index (κ1) is 21.5. The van der Waals surface area contributed by atoms with Crippen molar-refractivity contribution in [2.45, 2.75) is 51.5 Å². The Bertz CT molecular complexity index is 1100. The number of anilines is 1. The van der Waals surface area contributed by atoms with Crippen LogP contribution in [0.3, 0.4) is 0 Å². The number of likely N-dealkylation sites (tertiary alicyclic amines) is 1. The summed E-state index contributed by atoms with van der Waals surface area (Å²) in [5, 5.41) is 0. The van der Waals surface area contributed by atoms with E-state index in [1.165, 1.54) is 5.56 Å². The molecule has 0 bridgehead atoms. The fourth-order valence-electron chi connectivity index (χ4n) is 4.97. The summed E-state index contributed by atoms with van der Waals surface area (Å²) in [7, 11) is 0. The number of piperidine rings is 1. The van der Waals surface area contributed by atoms with Crippen molar-refractivity contribution in [2.75, 3.05) is 24.5 Å². The molecule has 5 heterocycles. The molecule has 7 nitrogen and oxygen atoms in total. The van der Waals surface area contributed by atoms with Crippen LogP contribution in [0.5, 0.6) is 0 Å². The molecule has 170 valence electrons. The van der Waals surface area contributed by atoms with Gasteiger partial charge in [-0.15, -0.1) is 0 Å². The SMILES string of the molecule is Cc1nc([C@H]2CCCCN2C(=O)c2cccnc2)nc2c1CCCN2CCc1ccccn1. The third-order valence-corrected chi connectivity index (χ3v) is 6.70. The zero-order valence-corrected chi connectivity index (χ0v) is 19.2. The van der Waals surface area contributed by atoms with Gasteiger partial charge in [0.25, 0.3) is 5.91 Å². The Balaban J connectivity index is 1.43. The minimum absolute atomic E-state index is 0.0128. The molecule has 0 saturated carbocycles. The van der Waals surface area contributed by atoms with Crippen molar-refractivity contribution in [1.29, 1.82) is 0 Å². The molecule has 1 fully saturated rings. The smallest absolute Gasteiger partial charge is 0.256 e. The second-order valence-electron chi connectivity index (χ2n) is 8.88. The molecule has 0 aliphatic carbocycles. The number of amides is 1. The molecule has 3 aromatic heterocycles. The van der Waals surface area contributed by atoms with Crippen LogP contribution < -0.4 is 4.90 Å². The number of hydrogen-bond donors (Lipinski definition) is 0. The molecule has 0 unspecified atom stereocenters. The van der Waals surface area contributed by atoms with Crippen molar-refractivity contribution < 1.29 is 4.79 Å². The van der Waals surface area contributed by atoms with Gasteiger partial charge in [0, 0.05) is 61.6 Å². The monoisotopic (exact) mass is 442 g/mol. The lowest BCUT2D eigenvalue weighted by molar-refractivity contribution is 0.0599. The van der Waals surface area contributed by atoms with Crippen LogP contribution in [-0.2, 0) is 12.8 Å². The number of aryl methyl sites for hydroxylation is 1. The predicted molar refractivity (Wildman–Crippen MR) is 127 cm³/mol. The standard InChI is InChI=1S/C26H30N6O/c1-19-22-10-7-15-31(17-12-21-9-2-4-14-28-21)25(22)30-24(29-19)23-11-3-5-16-32(23)26(33)20-8-6-13-27-18-20/h2,4,6,8-9,13-14,18,23H,3,5,7,10-12,15-17H2,1H3/t23-/m1/s1. The summed E-state index contributed by atoms with van der Waals surface area (Å²) < 4.78 is 0. The Morgan fingerprint density at radius 2 is 2.00 bits per heavy atom. The van der Waals surface area contributed by atoms with Gasteiger partial charge in [-0.1, -0.05) is 6.07 Å². The lowest BCUT2D eigenvalue weighted by Crippen LogP contribution is -2.40. The normalized spacial score (nSPS) is 18.2. The van der Waals surface area contributed by atoms with Gasteiger partial charge in [-0.05, 0) is 63.3 Å². The summed E-state index contributed by atoms with van der Waals surface area (Å²) in [6, 6.07) is 9.60. The Morgan fingerprint density at radius 1 is 1.06 bits per heavy atom. The maximum atomic E-state index is 13.3. The number of rotatable bonds is 5. The zero-order valence-electron chi connectivity index (χ0n) is 19.2. The second kappa shape index (κ2) is 9.65. The van der Waals surface area contributed by atoms with Crippen LogP contribution in [0, 0.1) is 6.92 Å². The van der Waals surface area contributed by atoms with E-state index in [0.29, 0.717) is 5.56 Å². The molecule has 0 radical (unpaired) electrons. The van der Waals surface area contributed by atoms with Crippen molar-refractivity contribution in [3.05, 3.63) is 77.3 Å². The minimum atomic E-state index is -0.102. The van der Waals surface area contributed by atoms with Gasteiger partial charge in [0.2, 0.25) is 0 Å². The number of carbonyl (C=O) groups excluding carboxylic acids is 1. The third-order valence-electron chi connectivity index (χ3n) is 6.70. The van der Waals surface area contributed by atoms with Gasteiger partial charge < -0.3 is 9.80 Å². The van der Waals surface area contributed by atoms with Crippen LogP contribution in [0.25, 0.3) is 0 Å². The first-order chi connectivity index (χ1) is 16.2. The van der Waals surface area contributed by atoms with Gasteiger partial charge in [0.15, 0.2) is 5.82 Å². The summed E-state index contributed by atoms with van der Waals surface area (Å²) in [5.74, 6) is 1.82. The maximum absolute atomic E-state index is 13.3. The van der Waals surface area contributed by atoms with Crippen LogP contribution in [-0.4, -0.2) is 50.4 Å². The van der Waals surface area contributed by atoms with Gasteiger partial charge in [0.05, 0.1) is 11.6 Å². The molecule has 0 N–H and O–H groups in total. The molecular formula is C26H30N6O. The van der Waals surface area contributed by atoms with E-state index in [0.717, 1.165) is 81.2 Å². The highest BCUT2D eigenvalue weighted by Gasteiger charge is 2.32. The van der Waals surface area contributed by atoms with E-state index in [9.17, 15) is 4.79 Å². The quantitative estimate of drug-likeness (QED) is 0.596. The topological polar surface area (TPSA) is 75.1 Å². The number of pyridine rings is 2. The van der Waals surface area contributed by atoms with E-state index in [1.807, 2.05) is 35.4 Å². The Hall–Kier alpha value is -3.35. The van der Waals surface area contributed by atoms with E-state index >= 15 is 0 Å². The molecule has 3 aromatic rings. The van der Waals surface area contributed by atoms with Gasteiger partial charge >= 0.3 is 0 Å². The number of aromatic nitrogens is 4. The summed E-state index contributed by atoms with van der Waals surface area (Å²) in [4.78, 5) is 36.3. The summed E-state index contributed by atoms with van der Waals surface area (Å²) >= 11 is 0. The highest BCUT2D eigenvalue weighted by atomic mass is 16.2. The minimum Gasteiger partial charge on any atom is -0.356 e. The van der Waals surface area contributed by atoms with Crippen LogP contribution in [0.1, 0.15) is 64.9 Å². The van der Waals surface area contributed by atoms with E-state index < -0.39 is 0 Å². The maximum Gasteiger partial charge on any atom is 0.256 e. The van der Waals surface area contributed by atoms with Crippen molar-refractivity contribution in [1.82, 2.24) is 24.8 Å². The van der Waals surface area contributed by atoms with E-state index in [-0.39, 0.29) is 11.9 Å². The number of fused-ring (bicyclic) bond motifs is 1. The molecular weight excluding hydrogens is 412 g/mol. The van der Waals surface area contributed by atoms with Crippen molar-refractivity contribution in [3.8, 4) is 0 Å². The molecule has 5 rings (SSSR count). The molecule has 7 heteroatoms. The molecule has 1 amide bonds. The molecule has 1 atom stereocenters. The lowest BCUT2D eigenvalue weighted by Gasteiger charge is -2.36. The van der Waals surface area contributed by atoms with Crippen molar-refractivity contribution in [3.63, 3.8) is 0 Å². The summed E-state index contributed by atoms with van der Waals surface area (Å²) in [5.41, 5.74) is 4.00. The first-order valence-corrected chi connectivity index (χ1v) is 11.9. The largest absolute Gasteiger partial charge is 0.356 e. The first-order valence-electron chi connectivity index (χ1n) is 11.9. The molecule has 2 aliphatic heterocycles. The zero-order chi connectivity index (χ0) is 22.6. The molecule has 1 saturated heterocycles. The van der Waals surface area contributed by atoms with Gasteiger partial charge in [0.1, 0.15) is 5.82 Å². The van der Waals surface area contributed by atoms with Crippen LogP contribution in [0.15, 0.2) is 48.9 Å². The van der Waals surface area contributed by atoms with Gasteiger partial charge in [-0.25, -0.2) is 9.97 Å². The number of carbonyl (C=O) groups is 1. The van der Waals surface area contributed by atoms with Crippen molar-refractivity contribution >= 4 is 11.7 Å². The molecule has 33 heavy (non-hydrogen) atoms. The van der Waals surface area contributed by atoms with E-state index in [1.54, 1.807) is 12.4 Å². The number of nitrogens with zero attached hydrogens (tertiary/aromatic N) is 6. The Morgan fingerprint density at radius 3 is 2.82 bits per heavy atom. The molecule has 2 aliphatic rings. The Labute approximate surface area is 194 Å².